The quantitative estimate of drug-likeness (QED) is 0.730. The van der Waals surface area contributed by atoms with Gasteiger partial charge >= 0.3 is 0 Å². The van der Waals surface area contributed by atoms with Gasteiger partial charge in [0.2, 0.25) is 17.6 Å². The first-order chi connectivity index (χ1) is 13.3. The van der Waals surface area contributed by atoms with Crippen LogP contribution in [0.15, 0.2) is 20.2 Å². The second-order valence-corrected chi connectivity index (χ2v) is 10.1. The largest absolute Gasteiger partial charge is 0.353 e. The summed E-state index contributed by atoms with van der Waals surface area (Å²) in [4.78, 5) is 16.5. The van der Waals surface area contributed by atoms with Crippen molar-refractivity contribution in [2.75, 3.05) is 13.1 Å². The summed E-state index contributed by atoms with van der Waals surface area (Å²) < 4.78 is 32.7. The van der Waals surface area contributed by atoms with Crippen LogP contribution < -0.4 is 5.32 Å². The van der Waals surface area contributed by atoms with Crippen LogP contribution in [-0.2, 0) is 21.2 Å². The Morgan fingerprint density at radius 3 is 2.71 bits per heavy atom. The Morgan fingerprint density at radius 2 is 2.11 bits per heavy atom. The summed E-state index contributed by atoms with van der Waals surface area (Å²) in [6.07, 6.45) is 2.57. The molecule has 0 saturated carbocycles. The van der Waals surface area contributed by atoms with E-state index >= 15 is 0 Å². The number of hydrogen-bond acceptors (Lipinski definition) is 7. The normalized spacial score (nSPS) is 17.5. The first-order valence-electron chi connectivity index (χ1n) is 9.57. The smallest absolute Gasteiger partial charge is 0.252 e. The molecule has 1 N–H and O–H groups in total. The van der Waals surface area contributed by atoms with Gasteiger partial charge < -0.3 is 9.84 Å². The van der Waals surface area contributed by atoms with E-state index in [9.17, 15) is 13.2 Å². The number of thiophene rings is 1. The second kappa shape index (κ2) is 8.71. The van der Waals surface area contributed by atoms with E-state index in [-0.39, 0.29) is 22.1 Å². The first kappa shape index (κ1) is 20.9. The standard InChI is InChI=1S/C18H26N4O4S2/c1-4-12(3)19-18(23)13-6-8-22(9-7-13)28(24,25)16-10-14(11-27-16)17-20-15(5-2)26-21-17/h10-13H,4-9H2,1-3H3,(H,19,23)/t12-/m0/s1. The maximum Gasteiger partial charge on any atom is 0.252 e. The number of piperidine rings is 1. The van der Waals surface area contributed by atoms with Crippen LogP contribution in [0.2, 0.25) is 0 Å². The fraction of sp³-hybridized carbons (Fsp3) is 0.611. The molecule has 0 bridgehead atoms. The fourth-order valence-corrected chi connectivity index (χ4v) is 5.81. The van der Waals surface area contributed by atoms with E-state index in [1.54, 1.807) is 11.4 Å². The Kier molecular flexibility index (Phi) is 6.51. The predicted octanol–water partition coefficient (Wildman–Crippen LogP) is 2.68. The van der Waals surface area contributed by atoms with E-state index in [1.165, 1.54) is 4.31 Å². The molecule has 3 rings (SSSR count). The lowest BCUT2D eigenvalue weighted by Crippen LogP contribution is -2.44. The molecule has 1 atom stereocenters. The number of nitrogens with one attached hydrogen (secondary N) is 1. The number of rotatable bonds is 7. The van der Waals surface area contributed by atoms with Crippen LogP contribution in [-0.4, -0.2) is 47.9 Å². The van der Waals surface area contributed by atoms with Crippen molar-refractivity contribution in [1.29, 1.82) is 0 Å². The molecule has 1 fully saturated rings. The van der Waals surface area contributed by atoms with Gasteiger partial charge in [-0.25, -0.2) is 8.42 Å². The summed E-state index contributed by atoms with van der Waals surface area (Å²) in [5.41, 5.74) is 0.634. The molecule has 0 aromatic carbocycles. The minimum Gasteiger partial charge on any atom is -0.353 e. The molecule has 28 heavy (non-hydrogen) atoms. The van der Waals surface area contributed by atoms with Crippen molar-refractivity contribution in [3.8, 4) is 11.4 Å². The number of hydrogen-bond donors (Lipinski definition) is 1. The lowest BCUT2D eigenvalue weighted by atomic mass is 9.97. The number of carbonyl (C=O) groups is 1. The van der Waals surface area contributed by atoms with Crippen molar-refractivity contribution in [2.45, 2.75) is 56.7 Å². The highest BCUT2D eigenvalue weighted by atomic mass is 32.2. The molecule has 154 valence electrons. The number of amides is 1. The van der Waals surface area contributed by atoms with E-state index in [1.807, 2.05) is 20.8 Å². The molecule has 2 aromatic rings. The molecular weight excluding hydrogens is 400 g/mol. The van der Waals surface area contributed by atoms with E-state index in [4.69, 9.17) is 4.52 Å². The maximum absolute atomic E-state index is 13.0. The highest BCUT2D eigenvalue weighted by Crippen LogP contribution is 2.31. The zero-order valence-electron chi connectivity index (χ0n) is 16.3. The van der Waals surface area contributed by atoms with Gasteiger partial charge in [-0.1, -0.05) is 19.0 Å². The lowest BCUT2D eigenvalue weighted by molar-refractivity contribution is -0.126. The summed E-state index contributed by atoms with van der Waals surface area (Å²) in [5, 5.41) is 8.60. The van der Waals surface area contributed by atoms with Crippen LogP contribution in [0.25, 0.3) is 11.4 Å². The third-order valence-corrected chi connectivity index (χ3v) is 8.34. The molecule has 0 radical (unpaired) electrons. The zero-order valence-corrected chi connectivity index (χ0v) is 18.0. The maximum atomic E-state index is 13.0. The van der Waals surface area contributed by atoms with Crippen molar-refractivity contribution in [3.63, 3.8) is 0 Å². The lowest BCUT2D eigenvalue weighted by Gasteiger charge is -2.30. The first-order valence-corrected chi connectivity index (χ1v) is 11.9. The summed E-state index contributed by atoms with van der Waals surface area (Å²) in [6.45, 7) is 6.59. The third-order valence-electron chi connectivity index (χ3n) is 5.02. The average molecular weight is 427 g/mol. The van der Waals surface area contributed by atoms with Gasteiger partial charge in [0.05, 0.1) is 0 Å². The van der Waals surface area contributed by atoms with Crippen LogP contribution in [0, 0.1) is 5.92 Å². The molecule has 1 aliphatic rings. The van der Waals surface area contributed by atoms with E-state index in [2.05, 4.69) is 15.5 Å². The third kappa shape index (κ3) is 4.44. The number of sulfonamides is 1. The number of aryl methyl sites for hydroxylation is 1. The Bertz CT molecular complexity index is 914. The SMILES string of the molecule is CCc1nc(-c2csc(S(=O)(=O)N3CCC(C(=O)N[C@@H](C)CC)CC3)c2)no1. The summed E-state index contributed by atoms with van der Waals surface area (Å²) in [7, 11) is -3.59. The van der Waals surface area contributed by atoms with Crippen molar-refractivity contribution in [1.82, 2.24) is 19.8 Å². The monoisotopic (exact) mass is 426 g/mol. The van der Waals surface area contributed by atoms with Crippen molar-refractivity contribution >= 4 is 27.3 Å². The van der Waals surface area contributed by atoms with Crippen molar-refractivity contribution < 1.29 is 17.7 Å². The van der Waals surface area contributed by atoms with Crippen LogP contribution in [0.4, 0.5) is 0 Å². The number of aromatic nitrogens is 2. The molecule has 10 heteroatoms. The van der Waals surface area contributed by atoms with Crippen LogP contribution in [0.1, 0.15) is 45.9 Å². The summed E-state index contributed by atoms with van der Waals surface area (Å²) >= 11 is 1.15. The Hall–Kier alpha value is -1.78. The Labute approximate surface area is 169 Å². The molecule has 0 unspecified atom stereocenters. The molecule has 2 aromatic heterocycles. The highest BCUT2D eigenvalue weighted by molar-refractivity contribution is 7.91. The summed E-state index contributed by atoms with van der Waals surface area (Å²) in [5.74, 6) is 0.804. The van der Waals surface area contributed by atoms with Gasteiger partial charge in [-0.05, 0) is 32.3 Å². The molecule has 3 heterocycles. The van der Waals surface area contributed by atoms with Gasteiger partial charge in [-0.15, -0.1) is 11.3 Å². The number of nitrogens with zero attached hydrogens (tertiary/aromatic N) is 3. The minimum atomic E-state index is -3.59. The predicted molar refractivity (Wildman–Crippen MR) is 106 cm³/mol. The fourth-order valence-electron chi connectivity index (χ4n) is 3.03. The van der Waals surface area contributed by atoms with Crippen LogP contribution in [0.5, 0.6) is 0 Å². The Morgan fingerprint density at radius 1 is 1.39 bits per heavy atom. The second-order valence-electron chi connectivity index (χ2n) is 7.02. The van der Waals surface area contributed by atoms with E-state index < -0.39 is 10.0 Å². The van der Waals surface area contributed by atoms with Crippen molar-refractivity contribution in [3.05, 3.63) is 17.3 Å². The van der Waals surface area contributed by atoms with E-state index in [0.29, 0.717) is 49.6 Å². The Balaban J connectivity index is 1.65. The number of carbonyl (C=O) groups excluding carboxylic acids is 1. The van der Waals surface area contributed by atoms with Gasteiger partial charge in [-0.3, -0.25) is 4.79 Å². The topological polar surface area (TPSA) is 105 Å². The van der Waals surface area contributed by atoms with Gasteiger partial charge in [0.15, 0.2) is 0 Å². The van der Waals surface area contributed by atoms with E-state index in [0.717, 1.165) is 17.8 Å². The minimum absolute atomic E-state index is 0.0219. The molecule has 1 saturated heterocycles. The van der Waals surface area contributed by atoms with Crippen LogP contribution in [0.3, 0.4) is 0 Å². The van der Waals surface area contributed by atoms with Gasteiger partial charge in [-0.2, -0.15) is 9.29 Å². The molecule has 0 aliphatic carbocycles. The van der Waals surface area contributed by atoms with Crippen LogP contribution >= 0.6 is 11.3 Å². The molecular formula is C18H26N4O4S2. The highest BCUT2D eigenvalue weighted by Gasteiger charge is 2.33. The zero-order chi connectivity index (χ0) is 20.3. The molecule has 0 spiro atoms. The molecule has 8 nitrogen and oxygen atoms in total. The van der Waals surface area contributed by atoms with Gasteiger partial charge in [0.1, 0.15) is 4.21 Å². The summed E-state index contributed by atoms with van der Waals surface area (Å²) in [6, 6.07) is 1.73. The molecule has 1 aliphatic heterocycles. The average Bonchev–Trinajstić information content (AvgIpc) is 3.37. The van der Waals surface area contributed by atoms with Crippen molar-refractivity contribution in [2.24, 2.45) is 5.92 Å². The van der Waals surface area contributed by atoms with Gasteiger partial charge in [0.25, 0.3) is 10.0 Å². The van der Waals surface area contributed by atoms with Gasteiger partial charge in [0, 0.05) is 42.4 Å². The molecule has 1 amide bonds.